The van der Waals surface area contributed by atoms with E-state index < -0.39 is 10.0 Å². The molecule has 2 N–H and O–H groups in total. The first-order chi connectivity index (χ1) is 14.5. The maximum Gasteiger partial charge on any atom is 0.229 e. The highest BCUT2D eigenvalue weighted by Gasteiger charge is 2.25. The number of ether oxygens (including phenoxy) is 1. The number of nitrogens with one attached hydrogen (secondary N) is 2. The van der Waals surface area contributed by atoms with Crippen molar-refractivity contribution >= 4 is 32.8 Å². The van der Waals surface area contributed by atoms with Crippen molar-refractivity contribution in [3.63, 3.8) is 0 Å². The molecule has 0 spiro atoms. The first kappa shape index (κ1) is 21.3. The number of rotatable bonds is 7. The average Bonchev–Trinajstić information content (AvgIpc) is 3.15. The third-order valence-corrected chi connectivity index (χ3v) is 7.60. The van der Waals surface area contributed by atoms with Gasteiger partial charge in [0.2, 0.25) is 16.0 Å². The summed E-state index contributed by atoms with van der Waals surface area (Å²) in [5.74, 6) is 1.71. The second-order valence-electron chi connectivity index (χ2n) is 7.75. The van der Waals surface area contributed by atoms with Gasteiger partial charge in [-0.2, -0.15) is 14.3 Å². The Balaban J connectivity index is 1.39. The lowest BCUT2D eigenvalue weighted by Crippen LogP contribution is -2.49. The lowest BCUT2D eigenvalue weighted by molar-refractivity contribution is 0.122. The van der Waals surface area contributed by atoms with Crippen molar-refractivity contribution in [3.8, 4) is 0 Å². The van der Waals surface area contributed by atoms with Crippen LogP contribution in [0, 0.1) is 6.92 Å². The predicted molar refractivity (Wildman–Crippen MR) is 118 cm³/mol. The highest BCUT2D eigenvalue weighted by atomic mass is 32.2. The number of anilines is 2. The molecule has 4 heterocycles. The van der Waals surface area contributed by atoms with E-state index in [-0.39, 0.29) is 5.75 Å². The van der Waals surface area contributed by atoms with Crippen molar-refractivity contribution in [2.24, 2.45) is 0 Å². The number of aromatic amines is 1. The van der Waals surface area contributed by atoms with Crippen LogP contribution in [-0.4, -0.2) is 104 Å². The van der Waals surface area contributed by atoms with Crippen LogP contribution in [0.4, 0.5) is 11.8 Å². The Morgan fingerprint density at radius 1 is 1.13 bits per heavy atom. The van der Waals surface area contributed by atoms with E-state index in [1.807, 2.05) is 6.92 Å². The van der Waals surface area contributed by atoms with E-state index in [1.54, 1.807) is 11.2 Å². The molecule has 0 aromatic carbocycles. The van der Waals surface area contributed by atoms with Crippen LogP contribution in [0.3, 0.4) is 0 Å². The summed E-state index contributed by atoms with van der Waals surface area (Å²) in [5.41, 5.74) is 1.89. The molecule has 0 bridgehead atoms. The molecule has 11 heteroatoms. The first-order valence-electron chi connectivity index (χ1n) is 10.6. The largest absolute Gasteiger partial charge is 0.378 e. The molecule has 2 aromatic heterocycles. The van der Waals surface area contributed by atoms with Gasteiger partial charge in [-0.25, -0.2) is 8.42 Å². The van der Waals surface area contributed by atoms with Crippen LogP contribution in [0.15, 0.2) is 6.07 Å². The molecule has 4 rings (SSSR count). The van der Waals surface area contributed by atoms with Gasteiger partial charge in [0.15, 0.2) is 0 Å². The molecule has 0 amide bonds. The highest BCUT2D eigenvalue weighted by molar-refractivity contribution is 7.89. The molecule has 30 heavy (non-hydrogen) atoms. The summed E-state index contributed by atoms with van der Waals surface area (Å²) in [6, 6.07) is 2.06. The summed E-state index contributed by atoms with van der Waals surface area (Å²) in [6.45, 7) is 10.9. The number of aromatic nitrogens is 3. The molecular weight excluding hydrogens is 406 g/mol. The molecule has 2 saturated heterocycles. The van der Waals surface area contributed by atoms with E-state index in [4.69, 9.17) is 14.7 Å². The van der Waals surface area contributed by atoms with Gasteiger partial charge < -0.3 is 19.9 Å². The maximum absolute atomic E-state index is 12.0. The molecule has 166 valence electrons. The average molecular weight is 438 g/mol. The van der Waals surface area contributed by atoms with Gasteiger partial charge in [-0.15, -0.1) is 0 Å². The molecule has 0 saturated carbocycles. The monoisotopic (exact) mass is 437 g/mol. The Labute approximate surface area is 177 Å². The van der Waals surface area contributed by atoms with Crippen LogP contribution in [0.1, 0.15) is 12.6 Å². The van der Waals surface area contributed by atoms with Gasteiger partial charge in [-0.1, -0.05) is 0 Å². The first-order valence-corrected chi connectivity index (χ1v) is 12.2. The van der Waals surface area contributed by atoms with Crippen molar-refractivity contribution in [3.05, 3.63) is 11.8 Å². The Bertz CT molecular complexity index is 964. The number of fused-ring (bicyclic) bond motifs is 1. The van der Waals surface area contributed by atoms with Crippen LogP contribution in [0.2, 0.25) is 0 Å². The van der Waals surface area contributed by atoms with Gasteiger partial charge in [0, 0.05) is 58.1 Å². The lowest BCUT2D eigenvalue weighted by atomic mass is 10.3. The number of aryl methyl sites for hydroxylation is 1. The summed E-state index contributed by atoms with van der Waals surface area (Å²) in [7, 11) is -3.09. The fourth-order valence-corrected chi connectivity index (χ4v) is 5.00. The Kier molecular flexibility index (Phi) is 6.42. The predicted octanol–water partition coefficient (Wildman–Crippen LogP) is 0.482. The minimum absolute atomic E-state index is 0.166. The molecule has 10 nitrogen and oxygen atoms in total. The van der Waals surface area contributed by atoms with E-state index in [0.29, 0.717) is 32.3 Å². The topological polar surface area (TPSA) is 107 Å². The third kappa shape index (κ3) is 4.69. The van der Waals surface area contributed by atoms with Crippen LogP contribution in [0.25, 0.3) is 11.0 Å². The second-order valence-corrected chi connectivity index (χ2v) is 10.0. The van der Waals surface area contributed by atoms with Gasteiger partial charge in [-0.3, -0.25) is 4.90 Å². The highest BCUT2D eigenvalue weighted by Crippen LogP contribution is 2.24. The third-order valence-electron chi connectivity index (χ3n) is 5.71. The lowest BCUT2D eigenvalue weighted by Gasteiger charge is -2.33. The molecule has 0 unspecified atom stereocenters. The van der Waals surface area contributed by atoms with Crippen molar-refractivity contribution in [2.45, 2.75) is 13.8 Å². The zero-order valence-electron chi connectivity index (χ0n) is 17.7. The van der Waals surface area contributed by atoms with Crippen LogP contribution >= 0.6 is 0 Å². The fraction of sp³-hybridized carbons (Fsp3) is 0.684. The van der Waals surface area contributed by atoms with E-state index in [0.717, 1.165) is 61.8 Å². The zero-order chi connectivity index (χ0) is 21.1. The van der Waals surface area contributed by atoms with E-state index in [1.165, 1.54) is 0 Å². The number of hydrogen-bond acceptors (Lipinski definition) is 8. The standard InChI is InChI=1S/C19H31N7O3S/c1-3-30(27,28)26-8-6-24(7-9-26)5-4-20-17-16-14-15(2)21-18(16)23-19(22-17)25-10-12-29-13-11-25/h14H,3-13H2,1-2H3,(H2,20,21,22,23). The molecule has 2 fully saturated rings. The minimum Gasteiger partial charge on any atom is -0.378 e. The van der Waals surface area contributed by atoms with E-state index in [9.17, 15) is 8.42 Å². The number of hydrogen-bond donors (Lipinski definition) is 2. The van der Waals surface area contributed by atoms with Crippen molar-refractivity contribution in [1.82, 2.24) is 24.2 Å². The summed E-state index contributed by atoms with van der Waals surface area (Å²) >= 11 is 0. The molecule has 2 aliphatic heterocycles. The summed E-state index contributed by atoms with van der Waals surface area (Å²) in [5, 5.41) is 4.47. The molecule has 0 aliphatic carbocycles. The van der Waals surface area contributed by atoms with Crippen molar-refractivity contribution in [1.29, 1.82) is 0 Å². The zero-order valence-corrected chi connectivity index (χ0v) is 18.5. The van der Waals surface area contributed by atoms with Gasteiger partial charge >= 0.3 is 0 Å². The van der Waals surface area contributed by atoms with Gasteiger partial charge in [0.25, 0.3) is 0 Å². The number of sulfonamides is 1. The summed E-state index contributed by atoms with van der Waals surface area (Å²) < 4.78 is 31.1. The maximum atomic E-state index is 12.0. The Morgan fingerprint density at radius 3 is 2.57 bits per heavy atom. The second kappa shape index (κ2) is 9.04. The summed E-state index contributed by atoms with van der Waals surface area (Å²) in [4.78, 5) is 17.3. The van der Waals surface area contributed by atoms with E-state index in [2.05, 4.69) is 26.2 Å². The number of nitrogens with zero attached hydrogens (tertiary/aromatic N) is 5. The summed E-state index contributed by atoms with van der Waals surface area (Å²) in [6.07, 6.45) is 0. The Morgan fingerprint density at radius 2 is 1.87 bits per heavy atom. The number of morpholine rings is 1. The SMILES string of the molecule is CCS(=O)(=O)N1CCN(CCNc2nc(N3CCOCC3)nc3[nH]c(C)cc23)CC1. The van der Waals surface area contributed by atoms with E-state index >= 15 is 0 Å². The van der Waals surface area contributed by atoms with Crippen molar-refractivity contribution < 1.29 is 13.2 Å². The molecule has 0 radical (unpaired) electrons. The van der Waals surface area contributed by atoms with Gasteiger partial charge in [0.1, 0.15) is 11.5 Å². The van der Waals surface area contributed by atoms with Gasteiger partial charge in [-0.05, 0) is 19.9 Å². The minimum atomic E-state index is -3.09. The molecule has 2 aliphatic rings. The smallest absolute Gasteiger partial charge is 0.229 e. The Hall–Kier alpha value is -1.95. The molecule has 0 atom stereocenters. The fourth-order valence-electron chi connectivity index (χ4n) is 3.91. The number of H-pyrrole nitrogens is 1. The molecule has 2 aromatic rings. The van der Waals surface area contributed by atoms with Crippen LogP contribution < -0.4 is 10.2 Å². The normalized spacial score (nSPS) is 19.5. The quantitative estimate of drug-likeness (QED) is 0.644. The molecular formula is C19H31N7O3S. The van der Waals surface area contributed by atoms with Crippen LogP contribution in [-0.2, 0) is 14.8 Å². The number of piperazine rings is 1. The van der Waals surface area contributed by atoms with Crippen molar-refractivity contribution in [2.75, 3.05) is 81.5 Å². The van der Waals surface area contributed by atoms with Gasteiger partial charge in [0.05, 0.1) is 24.4 Å². The van der Waals surface area contributed by atoms with Crippen LogP contribution in [0.5, 0.6) is 0 Å².